The highest BCUT2D eigenvalue weighted by Gasteiger charge is 2.27. The second-order valence-corrected chi connectivity index (χ2v) is 6.80. The third-order valence-electron chi connectivity index (χ3n) is 4.97. The zero-order valence-corrected chi connectivity index (χ0v) is 15.1. The van der Waals surface area contributed by atoms with Gasteiger partial charge in [-0.05, 0) is 29.7 Å². The Kier molecular flexibility index (Phi) is 4.47. The molecule has 4 heteroatoms. The molecule has 1 atom stereocenters. The van der Waals surface area contributed by atoms with Crippen molar-refractivity contribution in [1.82, 2.24) is 4.98 Å². The van der Waals surface area contributed by atoms with Crippen LogP contribution in [-0.2, 0) is 0 Å². The summed E-state index contributed by atoms with van der Waals surface area (Å²) in [5, 5.41) is 12.6. The normalized spacial score (nSPS) is 12.2. The van der Waals surface area contributed by atoms with Crippen molar-refractivity contribution in [2.45, 2.75) is 12.8 Å². The molecule has 0 aliphatic heterocycles. The molecule has 3 aromatic carbocycles. The molecular weight excluding hydrogens is 336 g/mol. The van der Waals surface area contributed by atoms with E-state index in [4.69, 9.17) is 0 Å². The van der Waals surface area contributed by atoms with Crippen molar-refractivity contribution in [3.05, 3.63) is 106 Å². The first-order chi connectivity index (χ1) is 13.1. The molecule has 0 fully saturated rings. The van der Waals surface area contributed by atoms with E-state index in [1.165, 1.54) is 0 Å². The fourth-order valence-electron chi connectivity index (χ4n) is 3.67. The maximum absolute atomic E-state index is 11.5. The largest absolute Gasteiger partial charge is 0.354 e. The molecule has 0 aliphatic rings. The predicted octanol–water partition coefficient (Wildman–Crippen LogP) is 5.55. The molecule has 4 aromatic rings. The summed E-state index contributed by atoms with van der Waals surface area (Å²) in [6, 6.07) is 26.0. The first-order valence-electron chi connectivity index (χ1n) is 8.98. The highest BCUT2D eigenvalue weighted by atomic mass is 16.6. The number of nitrogens with one attached hydrogen (secondary N) is 1. The van der Waals surface area contributed by atoms with Gasteiger partial charge in [-0.3, -0.25) is 10.1 Å². The average Bonchev–Trinajstić information content (AvgIpc) is 3.07. The lowest BCUT2D eigenvalue weighted by atomic mass is 9.87. The van der Waals surface area contributed by atoms with E-state index in [1.807, 2.05) is 85.8 Å². The number of para-hydroxylation sites is 1. The summed E-state index contributed by atoms with van der Waals surface area (Å²) in [4.78, 5) is 14.8. The number of nitrogens with zero attached hydrogens (tertiary/aromatic N) is 1. The van der Waals surface area contributed by atoms with Crippen molar-refractivity contribution in [2.24, 2.45) is 0 Å². The Morgan fingerprint density at radius 3 is 2.30 bits per heavy atom. The van der Waals surface area contributed by atoms with Crippen molar-refractivity contribution in [3.63, 3.8) is 0 Å². The number of nitro groups is 1. The number of aromatic amines is 1. The topological polar surface area (TPSA) is 58.9 Å². The zero-order valence-electron chi connectivity index (χ0n) is 15.1. The molecule has 0 saturated heterocycles. The first-order valence-corrected chi connectivity index (χ1v) is 8.98. The second kappa shape index (κ2) is 7.08. The van der Waals surface area contributed by atoms with Gasteiger partial charge < -0.3 is 4.98 Å². The number of hydrogen-bond acceptors (Lipinski definition) is 2. The van der Waals surface area contributed by atoms with Gasteiger partial charge in [-0.1, -0.05) is 78.4 Å². The highest BCUT2D eigenvalue weighted by molar-refractivity contribution is 5.92. The Morgan fingerprint density at radius 1 is 0.926 bits per heavy atom. The highest BCUT2D eigenvalue weighted by Crippen LogP contribution is 2.38. The van der Waals surface area contributed by atoms with Crippen LogP contribution >= 0.6 is 0 Å². The fourth-order valence-corrected chi connectivity index (χ4v) is 3.67. The molecule has 0 amide bonds. The molecule has 0 aliphatic carbocycles. The molecular formula is C23H20N2O2. The van der Waals surface area contributed by atoms with Gasteiger partial charge in [0.05, 0.1) is 11.6 Å². The Labute approximate surface area is 157 Å². The second-order valence-electron chi connectivity index (χ2n) is 6.80. The Morgan fingerprint density at radius 2 is 1.59 bits per heavy atom. The number of aryl methyl sites for hydroxylation is 1. The summed E-state index contributed by atoms with van der Waals surface area (Å²) in [7, 11) is 0. The van der Waals surface area contributed by atoms with Crippen LogP contribution in [0.3, 0.4) is 0 Å². The molecule has 4 nitrogen and oxygen atoms in total. The molecule has 1 aromatic heterocycles. The Hall–Kier alpha value is -3.40. The third-order valence-corrected chi connectivity index (χ3v) is 4.97. The number of aromatic nitrogens is 1. The van der Waals surface area contributed by atoms with Crippen molar-refractivity contribution in [1.29, 1.82) is 0 Å². The van der Waals surface area contributed by atoms with E-state index in [-0.39, 0.29) is 17.4 Å². The molecule has 1 heterocycles. The SMILES string of the molecule is Cc1ccc([C@H](C[N+](=O)[O-])c2c(-c3ccccc3)[nH]c3ccccc23)cc1. The standard InChI is InChI=1S/C23H20N2O2/c1-16-11-13-17(14-12-16)20(15-25(26)27)22-19-9-5-6-10-21(19)24-23(22)18-7-3-2-4-8-18/h2-14,20,24H,15H2,1H3/t20-/m0/s1. The molecule has 0 saturated carbocycles. The number of H-pyrrole nitrogens is 1. The molecule has 0 unspecified atom stereocenters. The number of hydrogen-bond donors (Lipinski definition) is 1. The Balaban J connectivity index is 1.98. The first kappa shape index (κ1) is 17.0. The quantitative estimate of drug-likeness (QED) is 0.376. The predicted molar refractivity (Wildman–Crippen MR) is 109 cm³/mol. The summed E-state index contributed by atoms with van der Waals surface area (Å²) in [6.07, 6.45) is 0. The molecule has 27 heavy (non-hydrogen) atoms. The van der Waals surface area contributed by atoms with E-state index >= 15 is 0 Å². The monoisotopic (exact) mass is 356 g/mol. The Bertz CT molecular complexity index is 1080. The lowest BCUT2D eigenvalue weighted by Crippen LogP contribution is -2.14. The van der Waals surface area contributed by atoms with E-state index in [9.17, 15) is 10.1 Å². The summed E-state index contributed by atoms with van der Waals surface area (Å²) >= 11 is 0. The third kappa shape index (κ3) is 3.34. The van der Waals surface area contributed by atoms with E-state index in [0.717, 1.165) is 38.9 Å². The number of fused-ring (bicyclic) bond motifs is 1. The maximum atomic E-state index is 11.5. The van der Waals surface area contributed by atoms with Gasteiger partial charge >= 0.3 is 0 Å². The molecule has 1 N–H and O–H groups in total. The van der Waals surface area contributed by atoms with Crippen LogP contribution in [0.15, 0.2) is 78.9 Å². The maximum Gasteiger partial charge on any atom is 0.214 e. The van der Waals surface area contributed by atoms with Gasteiger partial charge in [-0.15, -0.1) is 0 Å². The van der Waals surface area contributed by atoms with Crippen LogP contribution in [0.5, 0.6) is 0 Å². The lowest BCUT2D eigenvalue weighted by Gasteiger charge is -2.16. The van der Waals surface area contributed by atoms with Gasteiger partial charge in [-0.25, -0.2) is 0 Å². The van der Waals surface area contributed by atoms with Crippen LogP contribution in [0, 0.1) is 17.0 Å². The van der Waals surface area contributed by atoms with E-state index < -0.39 is 0 Å². The molecule has 0 radical (unpaired) electrons. The van der Waals surface area contributed by atoms with Crippen LogP contribution in [0.1, 0.15) is 22.6 Å². The van der Waals surface area contributed by atoms with Crippen LogP contribution < -0.4 is 0 Å². The summed E-state index contributed by atoms with van der Waals surface area (Å²) in [5.41, 5.74) is 6.05. The summed E-state index contributed by atoms with van der Waals surface area (Å²) in [6.45, 7) is 1.87. The minimum atomic E-state index is -0.327. The van der Waals surface area contributed by atoms with Gasteiger partial charge in [0.25, 0.3) is 0 Å². The van der Waals surface area contributed by atoms with E-state index in [0.29, 0.717) is 0 Å². The zero-order chi connectivity index (χ0) is 18.8. The van der Waals surface area contributed by atoms with Crippen molar-refractivity contribution < 1.29 is 4.92 Å². The van der Waals surface area contributed by atoms with E-state index in [2.05, 4.69) is 4.98 Å². The fraction of sp³-hybridized carbons (Fsp3) is 0.130. The summed E-state index contributed by atoms with van der Waals surface area (Å²) in [5.74, 6) is -0.327. The van der Waals surface area contributed by atoms with Crippen LogP contribution in [0.2, 0.25) is 0 Å². The van der Waals surface area contributed by atoms with Crippen LogP contribution in [0.4, 0.5) is 0 Å². The van der Waals surface area contributed by atoms with Gasteiger partial charge in [0.15, 0.2) is 0 Å². The molecule has 134 valence electrons. The minimum absolute atomic E-state index is 0.148. The summed E-state index contributed by atoms with van der Waals surface area (Å²) < 4.78 is 0. The van der Waals surface area contributed by atoms with Gasteiger partial charge in [-0.2, -0.15) is 0 Å². The molecule has 0 bridgehead atoms. The van der Waals surface area contributed by atoms with Gasteiger partial charge in [0, 0.05) is 15.8 Å². The number of rotatable bonds is 5. The van der Waals surface area contributed by atoms with Gasteiger partial charge in [0.1, 0.15) is 0 Å². The van der Waals surface area contributed by atoms with E-state index in [1.54, 1.807) is 0 Å². The number of benzene rings is 3. The lowest BCUT2D eigenvalue weighted by molar-refractivity contribution is -0.481. The van der Waals surface area contributed by atoms with Crippen molar-refractivity contribution >= 4 is 10.9 Å². The van der Waals surface area contributed by atoms with Crippen LogP contribution in [-0.4, -0.2) is 16.5 Å². The van der Waals surface area contributed by atoms with Crippen LogP contribution in [0.25, 0.3) is 22.2 Å². The smallest absolute Gasteiger partial charge is 0.214 e. The van der Waals surface area contributed by atoms with Gasteiger partial charge in [0.2, 0.25) is 6.54 Å². The van der Waals surface area contributed by atoms with Crippen molar-refractivity contribution in [3.8, 4) is 11.3 Å². The molecule has 4 rings (SSSR count). The minimum Gasteiger partial charge on any atom is -0.354 e. The molecule has 0 spiro atoms. The van der Waals surface area contributed by atoms with Crippen molar-refractivity contribution in [2.75, 3.05) is 6.54 Å². The average molecular weight is 356 g/mol.